The highest BCUT2D eigenvalue weighted by Crippen LogP contribution is 2.24. The van der Waals surface area contributed by atoms with Crippen molar-refractivity contribution in [3.8, 4) is 0 Å². The zero-order valence-corrected chi connectivity index (χ0v) is 11.7. The zero-order chi connectivity index (χ0) is 14.0. The predicted octanol–water partition coefficient (Wildman–Crippen LogP) is 1.93. The Labute approximate surface area is 119 Å². The molecule has 5 nitrogen and oxygen atoms in total. The first-order chi connectivity index (χ1) is 8.95. The van der Waals surface area contributed by atoms with Crippen molar-refractivity contribution in [2.45, 2.75) is 18.6 Å². The Bertz CT molecular complexity index is 574. The van der Waals surface area contributed by atoms with E-state index in [1.807, 2.05) is 13.0 Å². The number of aliphatic imine (C=N–C) groups is 1. The number of nitrogens with zero attached hydrogens (tertiary/aromatic N) is 1. The SMILES string of the molecule is Cc1ccc(Cl)cc1NC(=O)[C@H]1CC(=O)N=C(N)S1. The molecule has 1 atom stereocenters. The van der Waals surface area contributed by atoms with Gasteiger partial charge in [0.25, 0.3) is 0 Å². The summed E-state index contributed by atoms with van der Waals surface area (Å²) in [6.45, 7) is 1.86. The Morgan fingerprint density at radius 3 is 3.00 bits per heavy atom. The lowest BCUT2D eigenvalue weighted by atomic mass is 10.2. The molecule has 0 radical (unpaired) electrons. The fraction of sp³-hybridized carbons (Fsp3) is 0.250. The second-order valence-electron chi connectivity index (χ2n) is 4.10. The molecule has 0 spiro atoms. The van der Waals surface area contributed by atoms with Gasteiger partial charge < -0.3 is 11.1 Å². The second kappa shape index (κ2) is 5.63. The van der Waals surface area contributed by atoms with Gasteiger partial charge in [-0.3, -0.25) is 9.59 Å². The molecule has 1 aromatic rings. The van der Waals surface area contributed by atoms with Crippen molar-refractivity contribution in [2.24, 2.45) is 10.7 Å². The molecule has 100 valence electrons. The van der Waals surface area contributed by atoms with Gasteiger partial charge in [0.05, 0.1) is 6.42 Å². The first-order valence-electron chi connectivity index (χ1n) is 5.56. The third-order valence-corrected chi connectivity index (χ3v) is 3.84. The molecule has 0 bridgehead atoms. The molecule has 19 heavy (non-hydrogen) atoms. The van der Waals surface area contributed by atoms with E-state index < -0.39 is 5.25 Å². The molecule has 0 saturated carbocycles. The molecule has 1 aromatic carbocycles. The quantitative estimate of drug-likeness (QED) is 0.873. The van der Waals surface area contributed by atoms with Crippen LogP contribution in [0.1, 0.15) is 12.0 Å². The molecule has 0 aliphatic carbocycles. The minimum atomic E-state index is -0.552. The summed E-state index contributed by atoms with van der Waals surface area (Å²) in [6.07, 6.45) is 0.0524. The fourth-order valence-electron chi connectivity index (χ4n) is 1.63. The maximum absolute atomic E-state index is 12.1. The van der Waals surface area contributed by atoms with E-state index in [4.69, 9.17) is 17.3 Å². The maximum Gasteiger partial charge on any atom is 0.249 e. The van der Waals surface area contributed by atoms with Gasteiger partial charge in [-0.05, 0) is 24.6 Å². The molecule has 2 rings (SSSR count). The number of benzene rings is 1. The Hall–Kier alpha value is -1.53. The van der Waals surface area contributed by atoms with E-state index >= 15 is 0 Å². The van der Waals surface area contributed by atoms with Gasteiger partial charge in [0.1, 0.15) is 5.25 Å². The van der Waals surface area contributed by atoms with Crippen LogP contribution in [0.2, 0.25) is 5.02 Å². The number of nitrogens with two attached hydrogens (primary N) is 1. The maximum atomic E-state index is 12.1. The van der Waals surface area contributed by atoms with Crippen molar-refractivity contribution < 1.29 is 9.59 Å². The molecular weight excluding hydrogens is 286 g/mol. The summed E-state index contributed by atoms with van der Waals surface area (Å²) >= 11 is 6.97. The van der Waals surface area contributed by atoms with E-state index in [2.05, 4.69) is 10.3 Å². The Morgan fingerprint density at radius 2 is 2.32 bits per heavy atom. The number of thioether (sulfide) groups is 1. The van der Waals surface area contributed by atoms with Crippen molar-refractivity contribution >= 4 is 46.0 Å². The number of anilines is 1. The van der Waals surface area contributed by atoms with Gasteiger partial charge in [0, 0.05) is 10.7 Å². The van der Waals surface area contributed by atoms with Crippen molar-refractivity contribution in [1.82, 2.24) is 0 Å². The van der Waals surface area contributed by atoms with Gasteiger partial charge in [-0.25, -0.2) is 0 Å². The van der Waals surface area contributed by atoms with Gasteiger partial charge in [-0.15, -0.1) is 0 Å². The molecule has 7 heteroatoms. The topological polar surface area (TPSA) is 84.5 Å². The normalized spacial score (nSPS) is 18.9. The van der Waals surface area contributed by atoms with E-state index in [0.717, 1.165) is 17.3 Å². The minimum absolute atomic E-state index is 0.0524. The van der Waals surface area contributed by atoms with Gasteiger partial charge in [0.15, 0.2) is 5.17 Å². The number of carbonyl (C=O) groups is 2. The molecule has 0 unspecified atom stereocenters. The van der Waals surface area contributed by atoms with Crippen LogP contribution >= 0.6 is 23.4 Å². The van der Waals surface area contributed by atoms with Crippen LogP contribution in [-0.4, -0.2) is 22.2 Å². The standard InChI is InChI=1S/C12H12ClN3O2S/c1-6-2-3-7(13)4-8(6)15-11(18)9-5-10(17)16-12(14)19-9/h2-4,9H,5H2,1H3,(H,15,18)(H2,14,16,17)/t9-/m1/s1. The number of amides is 2. The van der Waals surface area contributed by atoms with Gasteiger partial charge >= 0.3 is 0 Å². The highest BCUT2D eigenvalue weighted by Gasteiger charge is 2.28. The lowest BCUT2D eigenvalue weighted by Crippen LogP contribution is -2.33. The smallest absolute Gasteiger partial charge is 0.249 e. The molecule has 0 saturated heterocycles. The molecule has 3 N–H and O–H groups in total. The number of amidine groups is 1. The molecule has 1 heterocycles. The first-order valence-corrected chi connectivity index (χ1v) is 6.82. The van der Waals surface area contributed by atoms with Gasteiger partial charge in [0.2, 0.25) is 11.8 Å². The fourth-order valence-corrected chi connectivity index (χ4v) is 2.64. The summed E-state index contributed by atoms with van der Waals surface area (Å²) in [5.41, 5.74) is 7.02. The third-order valence-electron chi connectivity index (χ3n) is 2.61. The number of hydrogen-bond acceptors (Lipinski definition) is 4. The summed E-state index contributed by atoms with van der Waals surface area (Å²) in [5.74, 6) is -0.652. The number of aryl methyl sites for hydroxylation is 1. The third kappa shape index (κ3) is 3.48. The van der Waals surface area contributed by atoms with Crippen LogP contribution in [0.15, 0.2) is 23.2 Å². The summed E-state index contributed by atoms with van der Waals surface area (Å²) in [5, 5.41) is 2.86. The largest absolute Gasteiger partial charge is 0.378 e. The summed E-state index contributed by atoms with van der Waals surface area (Å²) in [6, 6.07) is 5.23. The van der Waals surface area contributed by atoms with E-state index in [0.29, 0.717) is 10.7 Å². The highest BCUT2D eigenvalue weighted by molar-refractivity contribution is 8.15. The van der Waals surface area contributed by atoms with E-state index in [1.165, 1.54) is 0 Å². The van der Waals surface area contributed by atoms with Crippen molar-refractivity contribution in [2.75, 3.05) is 5.32 Å². The van der Waals surface area contributed by atoms with Crippen molar-refractivity contribution in [1.29, 1.82) is 0 Å². The molecular formula is C12H12ClN3O2S. The molecule has 1 aliphatic heterocycles. The highest BCUT2D eigenvalue weighted by atomic mass is 35.5. The van der Waals surface area contributed by atoms with Crippen LogP contribution in [0.4, 0.5) is 5.69 Å². The van der Waals surface area contributed by atoms with Crippen LogP contribution in [-0.2, 0) is 9.59 Å². The monoisotopic (exact) mass is 297 g/mol. The number of halogens is 1. The average molecular weight is 298 g/mol. The lowest BCUT2D eigenvalue weighted by molar-refractivity contribution is -0.121. The van der Waals surface area contributed by atoms with Crippen LogP contribution in [0.25, 0.3) is 0 Å². The van der Waals surface area contributed by atoms with Gasteiger partial charge in [-0.1, -0.05) is 29.4 Å². The first kappa shape index (κ1) is 13.9. The summed E-state index contributed by atoms with van der Waals surface area (Å²) in [7, 11) is 0. The van der Waals surface area contributed by atoms with Crippen LogP contribution < -0.4 is 11.1 Å². The Kier molecular flexibility index (Phi) is 4.11. The summed E-state index contributed by atoms with van der Waals surface area (Å²) in [4.78, 5) is 26.9. The zero-order valence-electron chi connectivity index (χ0n) is 10.1. The predicted molar refractivity (Wildman–Crippen MR) is 77.4 cm³/mol. The Balaban J connectivity index is 2.11. The number of rotatable bonds is 2. The molecule has 2 amide bonds. The molecule has 1 aliphatic rings. The van der Waals surface area contributed by atoms with E-state index in [1.54, 1.807) is 12.1 Å². The molecule has 0 fully saturated rings. The van der Waals surface area contributed by atoms with Crippen molar-refractivity contribution in [3.05, 3.63) is 28.8 Å². The number of carbonyl (C=O) groups excluding carboxylic acids is 2. The van der Waals surface area contributed by atoms with Crippen molar-refractivity contribution in [3.63, 3.8) is 0 Å². The lowest BCUT2D eigenvalue weighted by Gasteiger charge is -2.18. The second-order valence-corrected chi connectivity index (χ2v) is 5.76. The minimum Gasteiger partial charge on any atom is -0.378 e. The van der Waals surface area contributed by atoms with Crippen LogP contribution in [0, 0.1) is 6.92 Å². The number of hydrogen-bond donors (Lipinski definition) is 2. The van der Waals surface area contributed by atoms with Gasteiger partial charge in [-0.2, -0.15) is 4.99 Å². The van der Waals surface area contributed by atoms with E-state index in [-0.39, 0.29) is 23.4 Å². The van der Waals surface area contributed by atoms with E-state index in [9.17, 15) is 9.59 Å². The van der Waals surface area contributed by atoms with Crippen LogP contribution in [0.5, 0.6) is 0 Å². The molecule has 0 aromatic heterocycles. The van der Waals surface area contributed by atoms with Crippen LogP contribution in [0.3, 0.4) is 0 Å². The average Bonchev–Trinajstić information content (AvgIpc) is 2.32. The Morgan fingerprint density at radius 1 is 1.58 bits per heavy atom. The number of nitrogens with one attached hydrogen (secondary N) is 1. The summed E-state index contributed by atoms with van der Waals surface area (Å²) < 4.78 is 0.